The molecule has 1 aromatic rings. The lowest BCUT2D eigenvalue weighted by atomic mass is 10.2. The summed E-state index contributed by atoms with van der Waals surface area (Å²) >= 11 is 0. The van der Waals surface area contributed by atoms with Crippen molar-refractivity contribution in [2.75, 3.05) is 25.2 Å². The Hall–Kier alpha value is -2.43. The summed E-state index contributed by atoms with van der Waals surface area (Å²) in [5.74, 6) is -0.526. The first-order valence-electron chi connectivity index (χ1n) is 7.57. The van der Waals surface area contributed by atoms with Crippen LogP contribution < -0.4 is 14.8 Å². The molecule has 1 amide bonds. The maximum absolute atomic E-state index is 12.3. The minimum Gasteiger partial charge on any atom is -0.493 e. The lowest BCUT2D eigenvalue weighted by Gasteiger charge is -2.10. The van der Waals surface area contributed by atoms with Crippen LogP contribution in [-0.4, -0.2) is 58.4 Å². The van der Waals surface area contributed by atoms with Crippen molar-refractivity contribution in [3.05, 3.63) is 23.8 Å². The molecule has 1 saturated heterocycles. The first kappa shape index (κ1) is 19.9. The van der Waals surface area contributed by atoms with E-state index in [1.54, 1.807) is 0 Å². The molecule has 144 valence electrons. The predicted molar refractivity (Wildman–Crippen MR) is 88.4 cm³/mol. The fraction of sp³-hybridized carbons (Fsp3) is 0.467. The number of hydrogen-bond acceptors (Lipinski definition) is 7. The van der Waals surface area contributed by atoms with Gasteiger partial charge in [-0.15, -0.1) is 0 Å². The Morgan fingerprint density at radius 1 is 1.42 bits per heavy atom. The number of amides is 1. The van der Waals surface area contributed by atoms with Crippen LogP contribution in [0.15, 0.2) is 23.4 Å². The molecular weight excluding hydrogens is 374 g/mol. The highest BCUT2D eigenvalue weighted by molar-refractivity contribution is 7.91. The molecule has 1 aromatic carbocycles. The summed E-state index contributed by atoms with van der Waals surface area (Å²) in [6.07, 6.45) is 1.64. The number of methoxy groups -OCH3 is 1. The molecule has 0 unspecified atom stereocenters. The Bertz CT molecular complexity index is 769. The molecule has 8 nitrogen and oxygen atoms in total. The third-order valence-electron chi connectivity index (χ3n) is 3.47. The van der Waals surface area contributed by atoms with Gasteiger partial charge in [0.25, 0.3) is 5.91 Å². The van der Waals surface area contributed by atoms with Gasteiger partial charge in [0, 0.05) is 11.6 Å². The third-order valence-corrected chi connectivity index (χ3v) is 5.24. The SMILES string of the molecule is COc1cc(/C=N\OCC(=O)N[C@H]2CCS(=O)(=O)C2)ccc1OC(F)F. The Morgan fingerprint density at radius 2 is 2.19 bits per heavy atom. The standard InChI is InChI=1S/C15H18F2N2O6S/c1-23-13-6-10(2-3-12(13)25-15(16)17)7-18-24-8-14(20)19-11-4-5-26(21,22)9-11/h2-3,6-7,11,15H,4-5,8-9H2,1H3,(H,19,20)/b18-7-/t11-/m0/s1. The molecule has 1 aliphatic heterocycles. The highest BCUT2D eigenvalue weighted by Crippen LogP contribution is 2.28. The number of halogens is 2. The summed E-state index contributed by atoms with van der Waals surface area (Å²) in [4.78, 5) is 16.5. The van der Waals surface area contributed by atoms with Gasteiger partial charge >= 0.3 is 6.61 Å². The Labute approximate surface area is 149 Å². The highest BCUT2D eigenvalue weighted by atomic mass is 32.2. The highest BCUT2D eigenvalue weighted by Gasteiger charge is 2.28. The van der Waals surface area contributed by atoms with Crippen LogP contribution in [0.4, 0.5) is 8.78 Å². The van der Waals surface area contributed by atoms with E-state index < -0.39 is 28.4 Å². The van der Waals surface area contributed by atoms with Crippen LogP contribution in [0.1, 0.15) is 12.0 Å². The van der Waals surface area contributed by atoms with Crippen LogP contribution in [0, 0.1) is 0 Å². The summed E-state index contributed by atoms with van der Waals surface area (Å²) in [6.45, 7) is -3.35. The normalized spacial score (nSPS) is 18.8. The quantitative estimate of drug-likeness (QED) is 0.522. The molecule has 1 atom stereocenters. The van der Waals surface area contributed by atoms with E-state index in [-0.39, 0.29) is 29.6 Å². The summed E-state index contributed by atoms with van der Waals surface area (Å²) in [6, 6.07) is 3.75. The number of alkyl halides is 2. The third kappa shape index (κ3) is 6.14. The second-order valence-corrected chi connectivity index (χ2v) is 7.69. The van der Waals surface area contributed by atoms with Crippen molar-refractivity contribution in [1.29, 1.82) is 0 Å². The average Bonchev–Trinajstić information content (AvgIpc) is 2.90. The minimum atomic E-state index is -3.07. The van der Waals surface area contributed by atoms with Crippen molar-refractivity contribution in [3.63, 3.8) is 0 Å². The van der Waals surface area contributed by atoms with E-state index in [0.29, 0.717) is 12.0 Å². The maximum atomic E-state index is 12.3. The number of ether oxygens (including phenoxy) is 2. The fourth-order valence-electron chi connectivity index (χ4n) is 2.33. The molecule has 26 heavy (non-hydrogen) atoms. The number of hydrogen-bond donors (Lipinski definition) is 1. The van der Waals surface area contributed by atoms with Gasteiger partial charge in [-0.1, -0.05) is 5.16 Å². The smallest absolute Gasteiger partial charge is 0.387 e. The second kappa shape index (κ2) is 8.79. The topological polar surface area (TPSA) is 103 Å². The molecule has 1 N–H and O–H groups in total. The van der Waals surface area contributed by atoms with E-state index in [1.807, 2.05) is 0 Å². The minimum absolute atomic E-state index is 0.0596. The number of carbonyl (C=O) groups excluding carboxylic acids is 1. The first-order chi connectivity index (χ1) is 12.3. The zero-order valence-electron chi connectivity index (χ0n) is 13.9. The number of benzene rings is 1. The molecule has 0 radical (unpaired) electrons. The zero-order valence-corrected chi connectivity index (χ0v) is 14.7. The predicted octanol–water partition coefficient (Wildman–Crippen LogP) is 0.950. The number of sulfone groups is 1. The molecule has 1 aliphatic rings. The lowest BCUT2D eigenvalue weighted by molar-refractivity contribution is -0.126. The second-order valence-electron chi connectivity index (χ2n) is 5.46. The van der Waals surface area contributed by atoms with E-state index >= 15 is 0 Å². The van der Waals surface area contributed by atoms with E-state index in [0.717, 1.165) is 0 Å². The molecule has 11 heteroatoms. The van der Waals surface area contributed by atoms with Gasteiger partial charge in [-0.05, 0) is 24.6 Å². The summed E-state index contributed by atoms with van der Waals surface area (Å²) in [7, 11) is -1.77. The van der Waals surface area contributed by atoms with E-state index in [4.69, 9.17) is 9.57 Å². The van der Waals surface area contributed by atoms with Gasteiger partial charge < -0.3 is 19.6 Å². The first-order valence-corrected chi connectivity index (χ1v) is 9.39. The molecule has 0 aliphatic carbocycles. The van der Waals surface area contributed by atoms with Gasteiger partial charge in [0.15, 0.2) is 27.9 Å². The van der Waals surface area contributed by atoms with E-state index in [2.05, 4.69) is 15.2 Å². The molecule has 0 bridgehead atoms. The van der Waals surface area contributed by atoms with Crippen LogP contribution >= 0.6 is 0 Å². The zero-order chi connectivity index (χ0) is 19.2. The Morgan fingerprint density at radius 3 is 2.81 bits per heavy atom. The lowest BCUT2D eigenvalue weighted by Crippen LogP contribution is -2.37. The van der Waals surface area contributed by atoms with Crippen LogP contribution in [0.3, 0.4) is 0 Å². The van der Waals surface area contributed by atoms with Crippen LogP contribution in [-0.2, 0) is 19.5 Å². The molecule has 2 rings (SSSR count). The average molecular weight is 392 g/mol. The van der Waals surface area contributed by atoms with Gasteiger partial charge in [-0.2, -0.15) is 8.78 Å². The molecule has 0 spiro atoms. The van der Waals surface area contributed by atoms with Crippen molar-refractivity contribution in [1.82, 2.24) is 5.32 Å². The van der Waals surface area contributed by atoms with E-state index in [1.165, 1.54) is 31.5 Å². The van der Waals surface area contributed by atoms with Gasteiger partial charge in [-0.25, -0.2) is 8.42 Å². The summed E-state index contributed by atoms with van der Waals surface area (Å²) < 4.78 is 56.4. The maximum Gasteiger partial charge on any atom is 0.387 e. The van der Waals surface area contributed by atoms with Crippen molar-refractivity contribution in [2.24, 2.45) is 5.16 Å². The van der Waals surface area contributed by atoms with Crippen molar-refractivity contribution in [2.45, 2.75) is 19.1 Å². The molecule has 0 saturated carbocycles. The van der Waals surface area contributed by atoms with Crippen molar-refractivity contribution in [3.8, 4) is 11.5 Å². The van der Waals surface area contributed by atoms with Gasteiger partial charge in [0.1, 0.15) is 0 Å². The van der Waals surface area contributed by atoms with Gasteiger partial charge in [0.2, 0.25) is 0 Å². The van der Waals surface area contributed by atoms with Crippen LogP contribution in [0.2, 0.25) is 0 Å². The summed E-state index contributed by atoms with van der Waals surface area (Å²) in [5, 5.41) is 6.15. The monoisotopic (exact) mass is 392 g/mol. The van der Waals surface area contributed by atoms with Crippen molar-refractivity contribution < 1.29 is 36.3 Å². The van der Waals surface area contributed by atoms with Crippen LogP contribution in [0.5, 0.6) is 11.5 Å². The van der Waals surface area contributed by atoms with E-state index in [9.17, 15) is 22.0 Å². The van der Waals surface area contributed by atoms with Gasteiger partial charge in [0.05, 0.1) is 24.8 Å². The number of rotatable bonds is 8. The van der Waals surface area contributed by atoms with Gasteiger partial charge in [-0.3, -0.25) is 4.79 Å². The number of nitrogens with one attached hydrogen (secondary N) is 1. The summed E-state index contributed by atoms with van der Waals surface area (Å²) in [5.41, 5.74) is 0.478. The largest absolute Gasteiger partial charge is 0.493 e. The van der Waals surface area contributed by atoms with Crippen molar-refractivity contribution >= 4 is 22.0 Å². The molecular formula is C15H18F2N2O6S. The molecule has 1 heterocycles. The Balaban J connectivity index is 1.81. The number of oxime groups is 1. The number of nitrogens with zero attached hydrogens (tertiary/aromatic N) is 1. The van der Waals surface area contributed by atoms with Crippen LogP contribution in [0.25, 0.3) is 0 Å². The fourth-order valence-corrected chi connectivity index (χ4v) is 4.00. The molecule has 1 fully saturated rings. The molecule has 0 aromatic heterocycles. The number of carbonyl (C=O) groups is 1. The Kier molecular flexibility index (Phi) is 6.72.